The van der Waals surface area contributed by atoms with E-state index in [0.29, 0.717) is 5.11 Å². The molecule has 0 unspecified atom stereocenters. The van der Waals surface area contributed by atoms with Gasteiger partial charge in [-0.05, 0) is 53.3 Å². The Bertz CT molecular complexity index is 1220. The highest BCUT2D eigenvalue weighted by atomic mass is 32.1. The van der Waals surface area contributed by atoms with E-state index in [1.54, 1.807) is 23.7 Å². The van der Waals surface area contributed by atoms with Gasteiger partial charge in [0.2, 0.25) is 0 Å². The molecule has 154 valence electrons. The third-order valence-corrected chi connectivity index (χ3v) is 6.59. The van der Waals surface area contributed by atoms with E-state index < -0.39 is 0 Å². The van der Waals surface area contributed by atoms with Gasteiger partial charge in [-0.1, -0.05) is 42.5 Å². The second kappa shape index (κ2) is 8.91. The number of nitrogens with one attached hydrogen (secondary N) is 1. The Labute approximate surface area is 190 Å². The van der Waals surface area contributed by atoms with Crippen LogP contribution >= 0.6 is 23.6 Å². The fraction of sp³-hybridized carbons (Fsp3) is 0.167. The lowest BCUT2D eigenvalue weighted by molar-refractivity contribution is 0.364. The number of hydrazone groups is 1. The van der Waals surface area contributed by atoms with E-state index in [0.717, 1.165) is 41.7 Å². The summed E-state index contributed by atoms with van der Waals surface area (Å²) >= 11 is 7.47. The van der Waals surface area contributed by atoms with Crippen LogP contribution in [0.25, 0.3) is 11.0 Å². The minimum absolute atomic E-state index is 0.0280. The van der Waals surface area contributed by atoms with Crippen LogP contribution in [0.5, 0.6) is 0 Å². The summed E-state index contributed by atoms with van der Waals surface area (Å²) < 4.78 is 0. The van der Waals surface area contributed by atoms with Crippen molar-refractivity contribution >= 4 is 45.4 Å². The van der Waals surface area contributed by atoms with Gasteiger partial charge in [-0.2, -0.15) is 5.10 Å². The molecule has 0 radical (unpaired) electrons. The van der Waals surface area contributed by atoms with E-state index in [4.69, 9.17) is 17.3 Å². The summed E-state index contributed by atoms with van der Waals surface area (Å²) in [6, 6.07) is 20.8. The van der Waals surface area contributed by atoms with Gasteiger partial charge >= 0.3 is 0 Å². The van der Waals surface area contributed by atoms with E-state index in [9.17, 15) is 0 Å². The molecular weight excluding hydrogens is 422 g/mol. The predicted molar refractivity (Wildman–Crippen MR) is 130 cm³/mol. The second-order valence-electron chi connectivity index (χ2n) is 7.36. The summed E-state index contributed by atoms with van der Waals surface area (Å²) in [4.78, 5) is 10.0. The first-order valence-electron chi connectivity index (χ1n) is 10.2. The largest absolute Gasteiger partial charge is 0.361 e. The zero-order chi connectivity index (χ0) is 21.0. The standard InChI is InChI=1S/C24H21N5S2/c30-24(27-11-10-17-5-2-1-3-6-17)29-22(16-21(28-29)23-7-4-14-31-23)18-8-9-19-20(15-18)26-13-12-25-19/h1-9,12-15,22H,10-11,16H2,(H,27,30)/t22-/m1/s1. The first kappa shape index (κ1) is 19.8. The highest BCUT2D eigenvalue weighted by molar-refractivity contribution is 7.80. The highest BCUT2D eigenvalue weighted by Gasteiger charge is 2.32. The van der Waals surface area contributed by atoms with Crippen LogP contribution in [0.1, 0.15) is 28.5 Å². The lowest BCUT2D eigenvalue weighted by Crippen LogP contribution is -2.37. The molecule has 1 aliphatic heterocycles. The number of aromatic nitrogens is 2. The number of thiocarbonyl (C=S) groups is 1. The highest BCUT2D eigenvalue weighted by Crippen LogP contribution is 2.34. The lowest BCUT2D eigenvalue weighted by Gasteiger charge is -2.25. The van der Waals surface area contributed by atoms with Gasteiger partial charge in [-0.25, -0.2) is 5.01 Å². The Kier molecular flexibility index (Phi) is 5.69. The average Bonchev–Trinajstić information content (AvgIpc) is 3.50. The molecule has 4 aromatic rings. The Morgan fingerprint density at radius 3 is 2.68 bits per heavy atom. The molecule has 1 aliphatic rings. The topological polar surface area (TPSA) is 53.4 Å². The first-order valence-corrected chi connectivity index (χ1v) is 11.5. The molecule has 0 bridgehead atoms. The van der Waals surface area contributed by atoms with Crippen molar-refractivity contribution in [2.45, 2.75) is 18.9 Å². The zero-order valence-electron chi connectivity index (χ0n) is 16.8. The van der Waals surface area contributed by atoms with Gasteiger partial charge in [0, 0.05) is 25.4 Å². The van der Waals surface area contributed by atoms with Crippen molar-refractivity contribution in [1.82, 2.24) is 20.3 Å². The molecule has 0 spiro atoms. The maximum absolute atomic E-state index is 5.77. The van der Waals surface area contributed by atoms with Crippen LogP contribution in [-0.2, 0) is 6.42 Å². The fourth-order valence-electron chi connectivity index (χ4n) is 3.78. The lowest BCUT2D eigenvalue weighted by atomic mass is 10.0. The first-order chi connectivity index (χ1) is 15.3. The zero-order valence-corrected chi connectivity index (χ0v) is 18.4. The summed E-state index contributed by atoms with van der Waals surface area (Å²) in [6.45, 7) is 0.763. The summed E-state index contributed by atoms with van der Waals surface area (Å²) in [5.41, 5.74) is 5.25. The molecule has 7 heteroatoms. The third kappa shape index (κ3) is 4.33. The van der Waals surface area contributed by atoms with Gasteiger partial charge in [0.05, 0.1) is 27.7 Å². The molecule has 31 heavy (non-hydrogen) atoms. The van der Waals surface area contributed by atoms with Crippen molar-refractivity contribution in [2.75, 3.05) is 6.54 Å². The molecule has 5 nitrogen and oxygen atoms in total. The van der Waals surface area contributed by atoms with Crippen LogP contribution in [0.2, 0.25) is 0 Å². The summed E-state index contributed by atoms with van der Waals surface area (Å²) in [7, 11) is 0. The number of hydrogen-bond donors (Lipinski definition) is 1. The van der Waals surface area contributed by atoms with Gasteiger partial charge in [-0.15, -0.1) is 11.3 Å². The van der Waals surface area contributed by atoms with Gasteiger partial charge in [-0.3, -0.25) is 9.97 Å². The molecule has 2 aromatic carbocycles. The Hall–Kier alpha value is -3.16. The van der Waals surface area contributed by atoms with Crippen LogP contribution in [0.4, 0.5) is 0 Å². The van der Waals surface area contributed by atoms with Crippen LogP contribution in [0, 0.1) is 0 Å². The van der Waals surface area contributed by atoms with Crippen LogP contribution in [-0.4, -0.2) is 32.3 Å². The van der Waals surface area contributed by atoms with Crippen molar-refractivity contribution in [3.8, 4) is 0 Å². The number of fused-ring (bicyclic) bond motifs is 1. The number of hydrogen-bond acceptors (Lipinski definition) is 5. The maximum atomic E-state index is 5.77. The number of rotatable bonds is 5. The second-order valence-corrected chi connectivity index (χ2v) is 8.69. The number of nitrogens with zero attached hydrogens (tertiary/aromatic N) is 4. The fourth-order valence-corrected chi connectivity index (χ4v) is 4.77. The van der Waals surface area contributed by atoms with Crippen LogP contribution in [0.15, 0.2) is 83.5 Å². The molecule has 0 saturated carbocycles. The molecule has 0 amide bonds. The van der Waals surface area contributed by atoms with Crippen LogP contribution in [0.3, 0.4) is 0 Å². The average molecular weight is 444 g/mol. The molecule has 3 heterocycles. The van der Waals surface area contributed by atoms with E-state index in [-0.39, 0.29) is 6.04 Å². The molecule has 2 aromatic heterocycles. The van der Waals surface area contributed by atoms with Gasteiger partial charge < -0.3 is 5.32 Å². The van der Waals surface area contributed by atoms with Gasteiger partial charge in [0.1, 0.15) is 0 Å². The van der Waals surface area contributed by atoms with Crippen molar-refractivity contribution in [3.05, 3.63) is 94.4 Å². The minimum Gasteiger partial charge on any atom is -0.361 e. The van der Waals surface area contributed by atoms with E-state index in [2.05, 4.69) is 69.2 Å². The molecule has 1 atom stereocenters. The quantitative estimate of drug-likeness (QED) is 0.442. The van der Waals surface area contributed by atoms with E-state index in [1.807, 2.05) is 17.1 Å². The normalized spacial score (nSPS) is 15.8. The van der Waals surface area contributed by atoms with Crippen LogP contribution < -0.4 is 5.32 Å². The van der Waals surface area contributed by atoms with E-state index in [1.165, 1.54) is 10.4 Å². The van der Waals surface area contributed by atoms with Crippen molar-refractivity contribution in [1.29, 1.82) is 0 Å². The molecule has 0 fully saturated rings. The smallest absolute Gasteiger partial charge is 0.190 e. The SMILES string of the molecule is S=C(NCCc1ccccc1)N1N=C(c2cccs2)C[C@@H]1c1ccc2nccnc2c1. The Morgan fingerprint density at radius 2 is 1.87 bits per heavy atom. The molecule has 5 rings (SSSR count). The Balaban J connectivity index is 1.38. The number of benzene rings is 2. The minimum atomic E-state index is 0.0280. The monoisotopic (exact) mass is 443 g/mol. The van der Waals surface area contributed by atoms with Crippen molar-refractivity contribution in [3.63, 3.8) is 0 Å². The molecular formula is C24H21N5S2. The van der Waals surface area contributed by atoms with Crippen molar-refractivity contribution < 1.29 is 0 Å². The number of thiophene rings is 1. The van der Waals surface area contributed by atoms with Gasteiger partial charge in [0.15, 0.2) is 5.11 Å². The predicted octanol–water partition coefficient (Wildman–Crippen LogP) is 4.96. The summed E-state index contributed by atoms with van der Waals surface area (Å²) in [6.07, 6.45) is 5.15. The summed E-state index contributed by atoms with van der Waals surface area (Å²) in [5.74, 6) is 0. The Morgan fingerprint density at radius 1 is 1.03 bits per heavy atom. The van der Waals surface area contributed by atoms with Crippen molar-refractivity contribution in [2.24, 2.45) is 5.10 Å². The third-order valence-electron chi connectivity index (χ3n) is 5.33. The maximum Gasteiger partial charge on any atom is 0.190 e. The van der Waals surface area contributed by atoms with E-state index >= 15 is 0 Å². The molecule has 0 saturated heterocycles. The van der Waals surface area contributed by atoms with Gasteiger partial charge in [0.25, 0.3) is 0 Å². The summed E-state index contributed by atoms with van der Waals surface area (Å²) in [5, 5.41) is 13.0. The molecule has 1 N–H and O–H groups in total. The molecule has 0 aliphatic carbocycles.